The molecule has 0 amide bonds. The lowest BCUT2D eigenvalue weighted by atomic mass is 10.5. The van der Waals surface area contributed by atoms with Gasteiger partial charge in [0.05, 0.1) is 6.61 Å². The van der Waals surface area contributed by atoms with Crippen LogP contribution in [0.4, 0.5) is 0 Å². The van der Waals surface area contributed by atoms with E-state index in [0.29, 0.717) is 6.42 Å². The van der Waals surface area contributed by atoms with Crippen LogP contribution in [0.25, 0.3) is 0 Å². The van der Waals surface area contributed by atoms with Crippen LogP contribution in [0.2, 0.25) is 6.04 Å². The standard InChI is InChI=1S/C4H13O5PSi/c1-10(5)9-3-2-4-11(6,7)8/h6-8,10H,2-4H2,1H3. The van der Waals surface area contributed by atoms with Crippen LogP contribution in [0.1, 0.15) is 6.42 Å². The van der Waals surface area contributed by atoms with Crippen molar-refractivity contribution in [3.8, 4) is 0 Å². The zero-order chi connectivity index (χ0) is 8.91. The molecule has 0 aliphatic heterocycles. The quantitative estimate of drug-likeness (QED) is 0.314. The Hall–Kier alpha value is 0.287. The van der Waals surface area contributed by atoms with E-state index in [4.69, 9.17) is 14.4 Å². The lowest BCUT2D eigenvalue weighted by Gasteiger charge is -2.07. The van der Waals surface area contributed by atoms with Crippen molar-refractivity contribution >= 4 is 16.8 Å². The van der Waals surface area contributed by atoms with Gasteiger partial charge in [0, 0.05) is 12.7 Å². The molecular formula is C4H13O5PSi. The molecule has 1 unspecified atom stereocenters. The zero-order valence-electron chi connectivity index (χ0n) is 6.28. The second-order valence-electron chi connectivity index (χ2n) is 2.22. The van der Waals surface area contributed by atoms with Gasteiger partial charge in [0.1, 0.15) is 0 Å². The summed E-state index contributed by atoms with van der Waals surface area (Å²) in [5, 5.41) is 0. The first-order valence-corrected chi connectivity index (χ1v) is 7.09. The van der Waals surface area contributed by atoms with Gasteiger partial charge < -0.3 is 18.9 Å². The minimum absolute atomic E-state index is 0.0673. The molecular weight excluding hydrogens is 187 g/mol. The first-order chi connectivity index (χ1) is 4.92. The number of rotatable bonds is 5. The van der Waals surface area contributed by atoms with Crippen LogP contribution in [0.15, 0.2) is 0 Å². The van der Waals surface area contributed by atoms with Crippen LogP contribution in [0.5, 0.6) is 0 Å². The van der Waals surface area contributed by atoms with E-state index in [2.05, 4.69) is 4.52 Å². The molecule has 0 fully saturated rings. The van der Waals surface area contributed by atoms with Crippen molar-refractivity contribution in [2.24, 2.45) is 0 Å². The molecule has 0 aliphatic rings. The third-order valence-electron chi connectivity index (χ3n) is 0.962. The largest absolute Gasteiger partial charge is 0.492 e. The fourth-order valence-electron chi connectivity index (χ4n) is 0.525. The van der Waals surface area contributed by atoms with Crippen molar-refractivity contribution < 1.29 is 23.5 Å². The van der Waals surface area contributed by atoms with Crippen molar-refractivity contribution in [3.05, 3.63) is 0 Å². The van der Waals surface area contributed by atoms with Crippen LogP contribution < -0.4 is 0 Å². The normalized spacial score (nSPS) is 14.9. The van der Waals surface area contributed by atoms with Gasteiger partial charge in [-0.25, -0.2) is 0 Å². The molecule has 0 aromatic heterocycles. The molecule has 7 heteroatoms. The van der Waals surface area contributed by atoms with Crippen LogP contribution in [-0.2, 0) is 9.09 Å². The summed E-state index contributed by atoms with van der Waals surface area (Å²) in [6.45, 7) is 1.65. The molecule has 0 saturated carbocycles. The highest BCUT2D eigenvalue weighted by atomic mass is 31.1. The van der Waals surface area contributed by atoms with Crippen molar-refractivity contribution in [2.75, 3.05) is 13.3 Å². The number of hydrogen-bond donors (Lipinski definition) is 3. The van der Waals surface area contributed by atoms with Gasteiger partial charge in [-0.2, -0.15) is 0 Å². The maximum Gasteiger partial charge on any atom is 0.492 e. The van der Waals surface area contributed by atoms with Gasteiger partial charge in [-0.3, -0.25) is 4.57 Å². The molecule has 0 aromatic carbocycles. The van der Waals surface area contributed by atoms with E-state index in [1.165, 1.54) is 6.66 Å². The average Bonchev–Trinajstić information content (AvgIpc) is 1.78. The molecule has 0 saturated heterocycles. The van der Waals surface area contributed by atoms with E-state index in [1.54, 1.807) is 0 Å². The molecule has 0 heterocycles. The lowest BCUT2D eigenvalue weighted by Crippen LogP contribution is -2.34. The maximum atomic E-state index is 10.4. The summed E-state index contributed by atoms with van der Waals surface area (Å²) in [7, 11) is -5.83. The summed E-state index contributed by atoms with van der Waals surface area (Å²) in [5.74, 6) is 0. The van der Waals surface area contributed by atoms with Gasteiger partial charge in [0.15, 0.2) is 8.03 Å². The second kappa shape index (κ2) is 5.03. The SMILES string of the molecule is C[PH](=O)OCCC[Si](O)(O)O. The fourth-order valence-corrected chi connectivity index (χ4v) is 1.58. The second-order valence-corrected chi connectivity index (χ2v) is 5.54. The van der Waals surface area contributed by atoms with Crippen molar-refractivity contribution in [1.82, 2.24) is 0 Å². The van der Waals surface area contributed by atoms with Crippen LogP contribution >= 0.6 is 8.03 Å². The van der Waals surface area contributed by atoms with Gasteiger partial charge in [-0.05, 0) is 6.42 Å². The van der Waals surface area contributed by atoms with E-state index >= 15 is 0 Å². The smallest absolute Gasteiger partial charge is 0.390 e. The van der Waals surface area contributed by atoms with E-state index in [0.717, 1.165) is 0 Å². The Bertz CT molecular complexity index is 133. The third-order valence-corrected chi connectivity index (χ3v) is 2.60. The van der Waals surface area contributed by atoms with E-state index in [1.807, 2.05) is 0 Å². The molecule has 11 heavy (non-hydrogen) atoms. The van der Waals surface area contributed by atoms with Crippen LogP contribution in [0.3, 0.4) is 0 Å². The highest BCUT2D eigenvalue weighted by Gasteiger charge is 2.25. The summed E-state index contributed by atoms with van der Waals surface area (Å²) < 4.78 is 15.0. The topological polar surface area (TPSA) is 87.0 Å². The Morgan fingerprint density at radius 2 is 2.00 bits per heavy atom. The molecule has 0 radical (unpaired) electrons. The molecule has 5 nitrogen and oxygen atoms in total. The van der Waals surface area contributed by atoms with E-state index < -0.39 is 16.8 Å². The molecule has 0 aromatic rings. The minimum Gasteiger partial charge on any atom is -0.390 e. The first kappa shape index (κ1) is 11.3. The lowest BCUT2D eigenvalue weighted by molar-refractivity contribution is 0.220. The monoisotopic (exact) mass is 200 g/mol. The highest BCUT2D eigenvalue weighted by Crippen LogP contribution is 2.16. The first-order valence-electron chi connectivity index (χ1n) is 3.22. The Morgan fingerprint density at radius 3 is 2.36 bits per heavy atom. The summed E-state index contributed by atoms with van der Waals surface area (Å²) in [6, 6.07) is -0.0673. The Morgan fingerprint density at radius 1 is 1.45 bits per heavy atom. The molecule has 3 N–H and O–H groups in total. The Kier molecular flexibility index (Phi) is 5.16. The van der Waals surface area contributed by atoms with Crippen LogP contribution in [0, 0.1) is 0 Å². The fraction of sp³-hybridized carbons (Fsp3) is 1.00. The molecule has 1 atom stereocenters. The summed E-state index contributed by atoms with van der Waals surface area (Å²) >= 11 is 0. The molecule has 0 rings (SSSR count). The predicted molar refractivity (Wildman–Crippen MR) is 42.7 cm³/mol. The van der Waals surface area contributed by atoms with E-state index in [-0.39, 0.29) is 12.7 Å². The van der Waals surface area contributed by atoms with Crippen molar-refractivity contribution in [2.45, 2.75) is 12.5 Å². The van der Waals surface area contributed by atoms with Gasteiger partial charge in [-0.15, -0.1) is 0 Å². The van der Waals surface area contributed by atoms with Gasteiger partial charge in [-0.1, -0.05) is 0 Å². The zero-order valence-corrected chi connectivity index (χ0v) is 8.28. The molecule has 68 valence electrons. The summed E-state index contributed by atoms with van der Waals surface area (Å²) in [6.07, 6.45) is 0.319. The Labute approximate surface area is 66.9 Å². The third kappa shape index (κ3) is 10.3. The van der Waals surface area contributed by atoms with Crippen molar-refractivity contribution in [3.63, 3.8) is 0 Å². The van der Waals surface area contributed by atoms with Gasteiger partial charge >= 0.3 is 8.80 Å². The predicted octanol–water partition coefficient (Wildman–Crippen LogP) is -0.587. The van der Waals surface area contributed by atoms with Crippen molar-refractivity contribution in [1.29, 1.82) is 0 Å². The maximum absolute atomic E-state index is 10.4. The summed E-state index contributed by atoms with van der Waals surface area (Å²) in [4.78, 5) is 25.5. The minimum atomic E-state index is -3.90. The molecule has 0 bridgehead atoms. The molecule has 0 spiro atoms. The number of hydrogen-bond acceptors (Lipinski definition) is 5. The van der Waals surface area contributed by atoms with Gasteiger partial charge in [0.2, 0.25) is 0 Å². The van der Waals surface area contributed by atoms with Crippen LogP contribution in [-0.4, -0.2) is 36.5 Å². The molecule has 0 aliphatic carbocycles. The Balaban J connectivity index is 3.22. The highest BCUT2D eigenvalue weighted by molar-refractivity contribution is 7.38. The summed E-state index contributed by atoms with van der Waals surface area (Å²) in [5.41, 5.74) is 0. The van der Waals surface area contributed by atoms with Gasteiger partial charge in [0.25, 0.3) is 0 Å². The average molecular weight is 200 g/mol. The van der Waals surface area contributed by atoms with E-state index in [9.17, 15) is 4.57 Å².